The number of rotatable bonds is 1. The van der Waals surface area contributed by atoms with Gasteiger partial charge in [-0.1, -0.05) is 0 Å². The zero-order chi connectivity index (χ0) is 17.9. The fourth-order valence-electron chi connectivity index (χ4n) is 5.28. The number of aromatic nitrogens is 2. The summed E-state index contributed by atoms with van der Waals surface area (Å²) in [6.07, 6.45) is 7.39. The molecule has 3 N–H and O–H groups in total. The van der Waals surface area contributed by atoms with Crippen LogP contribution >= 0.6 is 0 Å². The number of hydrogen-bond acceptors (Lipinski definition) is 4. The molecule has 2 spiro atoms. The van der Waals surface area contributed by atoms with Crippen molar-refractivity contribution in [2.45, 2.75) is 38.2 Å². The third kappa shape index (κ3) is 2.15. The van der Waals surface area contributed by atoms with Crippen LogP contribution in [-0.4, -0.2) is 52.7 Å². The van der Waals surface area contributed by atoms with Crippen molar-refractivity contribution in [2.75, 3.05) is 19.6 Å². The lowest BCUT2D eigenvalue weighted by Crippen LogP contribution is -2.56. The van der Waals surface area contributed by atoms with Gasteiger partial charge in [-0.25, -0.2) is 9.78 Å². The number of urea groups is 1. The van der Waals surface area contributed by atoms with Crippen molar-refractivity contribution in [1.29, 1.82) is 0 Å². The second-order valence-corrected chi connectivity index (χ2v) is 7.97. The first-order chi connectivity index (χ1) is 12.6. The molecule has 2 amide bonds. The van der Waals surface area contributed by atoms with E-state index in [1.807, 2.05) is 24.1 Å². The van der Waals surface area contributed by atoms with Crippen LogP contribution in [0.2, 0.25) is 0 Å². The number of piperidine rings is 1. The van der Waals surface area contributed by atoms with E-state index in [4.69, 9.17) is 4.65 Å². The van der Waals surface area contributed by atoms with Crippen LogP contribution in [0.1, 0.15) is 38.2 Å². The Balaban J connectivity index is 1.38. The Hall–Kier alpha value is -2.06. The number of H-pyrrole nitrogens is 1. The predicted octanol–water partition coefficient (Wildman–Crippen LogP) is 1.08. The highest BCUT2D eigenvalue weighted by Crippen LogP contribution is 2.62. The summed E-state index contributed by atoms with van der Waals surface area (Å²) in [4.78, 5) is 21.5. The number of pyridine rings is 1. The summed E-state index contributed by atoms with van der Waals surface area (Å²) < 4.78 is 6.08. The lowest BCUT2D eigenvalue weighted by atomic mass is 9.53. The van der Waals surface area contributed by atoms with Gasteiger partial charge in [0, 0.05) is 42.9 Å². The lowest BCUT2D eigenvalue weighted by molar-refractivity contribution is -0.135. The van der Waals surface area contributed by atoms with Crippen LogP contribution in [0.5, 0.6) is 0 Å². The molecular formula is C18H23BN4O3. The molecule has 2 aromatic heterocycles. The summed E-state index contributed by atoms with van der Waals surface area (Å²) in [5.74, 6) is 0. The van der Waals surface area contributed by atoms with Gasteiger partial charge in [-0.15, -0.1) is 0 Å². The van der Waals surface area contributed by atoms with Crippen LogP contribution in [0.25, 0.3) is 11.0 Å². The maximum atomic E-state index is 12.0. The van der Waals surface area contributed by atoms with Crippen LogP contribution in [0.15, 0.2) is 18.5 Å². The molecule has 2 fully saturated rings. The van der Waals surface area contributed by atoms with Gasteiger partial charge in [0.15, 0.2) is 0 Å². The van der Waals surface area contributed by atoms with E-state index in [-0.39, 0.29) is 11.4 Å². The topological polar surface area (TPSA) is 90.5 Å². The van der Waals surface area contributed by atoms with E-state index in [0.29, 0.717) is 6.54 Å². The van der Waals surface area contributed by atoms with Gasteiger partial charge in [0.25, 0.3) is 0 Å². The molecule has 0 radical (unpaired) electrons. The van der Waals surface area contributed by atoms with Gasteiger partial charge in [-0.3, -0.25) is 0 Å². The van der Waals surface area contributed by atoms with Gasteiger partial charge in [0.2, 0.25) is 0 Å². The Bertz CT molecular complexity index is 866. The molecule has 2 aromatic rings. The number of likely N-dealkylation sites (tertiary alicyclic amines) is 1. The molecule has 8 heteroatoms. The van der Waals surface area contributed by atoms with Gasteiger partial charge in [0.05, 0.1) is 5.60 Å². The molecular weight excluding hydrogens is 331 g/mol. The summed E-state index contributed by atoms with van der Waals surface area (Å²) in [7, 11) is -0.899. The first-order valence-corrected chi connectivity index (χ1v) is 9.41. The minimum absolute atomic E-state index is 0.0365. The highest BCUT2D eigenvalue weighted by atomic mass is 16.5. The van der Waals surface area contributed by atoms with Gasteiger partial charge >= 0.3 is 13.1 Å². The minimum atomic E-state index is -0.899. The first kappa shape index (κ1) is 16.1. The fourth-order valence-corrected chi connectivity index (χ4v) is 5.28. The maximum absolute atomic E-state index is 12.0. The summed E-state index contributed by atoms with van der Waals surface area (Å²) in [6, 6.07) is 2.06. The van der Waals surface area contributed by atoms with E-state index in [1.54, 1.807) is 6.20 Å². The van der Waals surface area contributed by atoms with Crippen LogP contribution in [0.4, 0.5) is 4.79 Å². The van der Waals surface area contributed by atoms with E-state index < -0.39 is 12.7 Å². The third-order valence-electron chi connectivity index (χ3n) is 6.44. The number of nitrogens with zero attached hydrogens (tertiary/aromatic N) is 2. The Morgan fingerprint density at radius 3 is 2.96 bits per heavy atom. The predicted molar refractivity (Wildman–Crippen MR) is 98.0 cm³/mol. The Labute approximate surface area is 152 Å². The highest BCUT2D eigenvalue weighted by Gasteiger charge is 2.62. The van der Waals surface area contributed by atoms with Gasteiger partial charge in [-0.05, 0) is 49.7 Å². The summed E-state index contributed by atoms with van der Waals surface area (Å²) in [6.45, 7) is 4.17. The number of amides is 2. The molecule has 0 bridgehead atoms. The molecule has 7 nitrogen and oxygen atoms in total. The van der Waals surface area contributed by atoms with Crippen LogP contribution in [0.3, 0.4) is 0 Å². The SMILES string of the molecule is CCNC(=O)N1CCC2(CC1)CC1(C2)OB(O)c2cnc3[nH]ccc3c21. The molecule has 4 heterocycles. The quantitative estimate of drug-likeness (QED) is 0.669. The van der Waals surface area contributed by atoms with Crippen molar-refractivity contribution in [2.24, 2.45) is 5.41 Å². The van der Waals surface area contributed by atoms with Crippen LogP contribution in [0, 0.1) is 5.41 Å². The molecule has 1 saturated carbocycles. The van der Waals surface area contributed by atoms with E-state index >= 15 is 0 Å². The highest BCUT2D eigenvalue weighted by molar-refractivity contribution is 6.62. The zero-order valence-corrected chi connectivity index (χ0v) is 14.9. The van der Waals surface area contributed by atoms with Crippen LogP contribution in [-0.2, 0) is 10.3 Å². The summed E-state index contributed by atoms with van der Waals surface area (Å²) >= 11 is 0. The van der Waals surface area contributed by atoms with Crippen LogP contribution < -0.4 is 10.8 Å². The molecule has 2 aliphatic heterocycles. The summed E-state index contributed by atoms with van der Waals surface area (Å²) in [5, 5.41) is 14.3. The lowest BCUT2D eigenvalue weighted by Gasteiger charge is -2.58. The molecule has 0 aromatic carbocycles. The number of aromatic amines is 1. The second kappa shape index (κ2) is 5.47. The van der Waals surface area contributed by atoms with E-state index in [1.165, 1.54) is 0 Å². The number of carbonyl (C=O) groups is 1. The third-order valence-corrected chi connectivity index (χ3v) is 6.44. The number of hydrogen-bond donors (Lipinski definition) is 3. The van der Waals surface area contributed by atoms with E-state index in [0.717, 1.165) is 60.8 Å². The first-order valence-electron chi connectivity index (χ1n) is 9.41. The smallest absolute Gasteiger partial charge is 0.423 e. The molecule has 136 valence electrons. The minimum Gasteiger partial charge on any atom is -0.423 e. The van der Waals surface area contributed by atoms with Crippen molar-refractivity contribution in [3.63, 3.8) is 0 Å². The molecule has 1 aliphatic carbocycles. The molecule has 0 atom stereocenters. The molecule has 5 rings (SSSR count). The monoisotopic (exact) mass is 354 g/mol. The molecule has 1 saturated heterocycles. The van der Waals surface area contributed by atoms with Crippen molar-refractivity contribution >= 4 is 29.6 Å². The average molecular weight is 354 g/mol. The van der Waals surface area contributed by atoms with Crippen molar-refractivity contribution in [3.05, 3.63) is 24.0 Å². The van der Waals surface area contributed by atoms with Crippen molar-refractivity contribution in [1.82, 2.24) is 20.2 Å². The largest absolute Gasteiger partial charge is 0.493 e. The zero-order valence-electron chi connectivity index (χ0n) is 14.9. The average Bonchev–Trinajstić information content (AvgIpc) is 3.18. The van der Waals surface area contributed by atoms with Gasteiger partial charge < -0.3 is 24.9 Å². The van der Waals surface area contributed by atoms with Crippen molar-refractivity contribution in [3.8, 4) is 0 Å². The second-order valence-electron chi connectivity index (χ2n) is 7.97. The number of carbonyl (C=O) groups excluding carboxylic acids is 1. The van der Waals surface area contributed by atoms with Gasteiger partial charge in [-0.2, -0.15) is 0 Å². The fraction of sp³-hybridized carbons (Fsp3) is 0.556. The maximum Gasteiger partial charge on any atom is 0.493 e. The normalized spacial score (nSPS) is 22.7. The van der Waals surface area contributed by atoms with E-state index in [2.05, 4.69) is 15.3 Å². The Morgan fingerprint density at radius 1 is 1.46 bits per heavy atom. The summed E-state index contributed by atoms with van der Waals surface area (Å²) in [5.41, 5.74) is 2.54. The molecule has 0 unspecified atom stereocenters. The molecule has 26 heavy (non-hydrogen) atoms. The van der Waals surface area contributed by atoms with E-state index in [9.17, 15) is 9.82 Å². The standard InChI is InChI=1S/C18H23BN4O3/c1-2-20-16(24)23-7-4-17(5-8-23)10-18(11-17)14-12-3-6-21-15(12)22-9-13(14)19(25)26-18/h3,6,9,25H,2,4-5,7-8,10-11H2,1H3,(H,20,24)(H,21,22). The molecule has 3 aliphatic rings. The Morgan fingerprint density at radius 2 is 2.23 bits per heavy atom. The van der Waals surface area contributed by atoms with Gasteiger partial charge in [0.1, 0.15) is 5.65 Å². The number of fused-ring (bicyclic) bond motifs is 4. The number of nitrogens with one attached hydrogen (secondary N) is 2. The Kier molecular flexibility index (Phi) is 3.40. The van der Waals surface area contributed by atoms with Crippen molar-refractivity contribution < 1.29 is 14.5 Å².